The Kier molecular flexibility index (Phi) is 5.48. The minimum absolute atomic E-state index is 0.218. The van der Waals surface area contributed by atoms with Crippen molar-refractivity contribution < 1.29 is 4.74 Å². The number of ether oxygens (including phenoxy) is 1. The molecule has 2 heterocycles. The average molecular weight is 379 g/mol. The van der Waals surface area contributed by atoms with Gasteiger partial charge in [-0.1, -0.05) is 24.6 Å². The molecule has 0 unspecified atom stereocenters. The summed E-state index contributed by atoms with van der Waals surface area (Å²) in [6, 6.07) is 0.332. The van der Waals surface area contributed by atoms with Crippen molar-refractivity contribution in [3.63, 3.8) is 0 Å². The second kappa shape index (κ2) is 7.80. The van der Waals surface area contributed by atoms with Crippen molar-refractivity contribution >= 4 is 33.3 Å². The maximum absolute atomic E-state index is 13.4. The largest absolute Gasteiger partial charge is 0.381 e. The quantitative estimate of drug-likeness (QED) is 0.419. The van der Waals surface area contributed by atoms with Crippen molar-refractivity contribution in [3.05, 3.63) is 20.8 Å². The first-order valence-corrected chi connectivity index (χ1v) is 11.4. The van der Waals surface area contributed by atoms with Gasteiger partial charge in [0.2, 0.25) is 0 Å². The van der Waals surface area contributed by atoms with Gasteiger partial charge in [0, 0.05) is 23.3 Å². The predicted octanol–water partition coefficient (Wildman–Crippen LogP) is 4.58. The molecule has 0 amide bonds. The van der Waals surface area contributed by atoms with E-state index in [0.29, 0.717) is 12.6 Å². The van der Waals surface area contributed by atoms with E-state index in [9.17, 15) is 4.79 Å². The number of nitrogens with zero attached hydrogens (tertiary/aromatic N) is 2. The number of thiophene rings is 1. The van der Waals surface area contributed by atoms with Crippen LogP contribution in [-0.2, 0) is 17.6 Å². The van der Waals surface area contributed by atoms with Crippen LogP contribution in [0.2, 0.25) is 0 Å². The van der Waals surface area contributed by atoms with Crippen LogP contribution < -0.4 is 5.56 Å². The first-order valence-electron chi connectivity index (χ1n) is 9.57. The van der Waals surface area contributed by atoms with E-state index in [2.05, 4.69) is 0 Å². The van der Waals surface area contributed by atoms with Gasteiger partial charge in [-0.3, -0.25) is 9.36 Å². The molecule has 0 N–H and O–H groups in total. The Labute approximate surface area is 157 Å². The minimum atomic E-state index is 0.218. The highest BCUT2D eigenvalue weighted by atomic mass is 32.2. The SMILES string of the molecule is CCOCCSc1nc2sc3c(c2c(=O)n1C1CCCC1)CCCC3. The monoisotopic (exact) mass is 378 g/mol. The van der Waals surface area contributed by atoms with Crippen molar-refractivity contribution in [1.29, 1.82) is 0 Å². The summed E-state index contributed by atoms with van der Waals surface area (Å²) in [4.78, 5) is 20.8. The fraction of sp³-hybridized carbons (Fsp3) is 0.684. The number of rotatable bonds is 6. The molecule has 4 rings (SSSR count). The number of aryl methyl sites for hydroxylation is 2. The minimum Gasteiger partial charge on any atom is -0.381 e. The van der Waals surface area contributed by atoms with E-state index in [1.165, 1.54) is 36.1 Å². The number of thioether (sulfide) groups is 1. The Morgan fingerprint density at radius 3 is 2.84 bits per heavy atom. The molecule has 136 valence electrons. The van der Waals surface area contributed by atoms with Crippen molar-refractivity contribution in [2.45, 2.75) is 69.5 Å². The standard InChI is InChI=1S/C19H26N2O2S2/c1-2-23-11-12-24-19-20-17-16(14-9-5-6-10-15(14)25-17)18(22)21(19)13-7-3-4-8-13/h13H,2-12H2,1H3. The lowest BCUT2D eigenvalue weighted by atomic mass is 9.97. The topological polar surface area (TPSA) is 44.1 Å². The van der Waals surface area contributed by atoms with Crippen molar-refractivity contribution in [2.24, 2.45) is 0 Å². The highest BCUT2D eigenvalue weighted by Gasteiger charge is 2.26. The Morgan fingerprint density at radius 1 is 1.24 bits per heavy atom. The first-order chi connectivity index (χ1) is 12.3. The molecule has 0 aromatic carbocycles. The molecule has 1 saturated carbocycles. The van der Waals surface area contributed by atoms with Gasteiger partial charge in [-0.05, 0) is 51.0 Å². The lowest BCUT2D eigenvalue weighted by Gasteiger charge is -2.18. The summed E-state index contributed by atoms with van der Waals surface area (Å²) in [7, 11) is 0. The zero-order valence-electron chi connectivity index (χ0n) is 14.9. The van der Waals surface area contributed by atoms with Crippen LogP contribution in [-0.4, -0.2) is 28.5 Å². The van der Waals surface area contributed by atoms with Gasteiger partial charge in [0.15, 0.2) is 5.16 Å². The summed E-state index contributed by atoms with van der Waals surface area (Å²) in [6.45, 7) is 3.46. The summed E-state index contributed by atoms with van der Waals surface area (Å²) >= 11 is 3.44. The third-order valence-electron chi connectivity index (χ3n) is 5.34. The number of hydrogen-bond acceptors (Lipinski definition) is 5. The Hall–Kier alpha value is -0.850. The maximum Gasteiger partial charge on any atom is 0.263 e. The van der Waals surface area contributed by atoms with E-state index in [4.69, 9.17) is 9.72 Å². The molecular weight excluding hydrogens is 352 g/mol. The van der Waals surface area contributed by atoms with Gasteiger partial charge in [0.05, 0.1) is 12.0 Å². The molecule has 4 nitrogen and oxygen atoms in total. The molecule has 2 aromatic rings. The summed E-state index contributed by atoms with van der Waals surface area (Å²) in [5.74, 6) is 0.851. The lowest BCUT2D eigenvalue weighted by Crippen LogP contribution is -2.27. The van der Waals surface area contributed by atoms with E-state index in [0.717, 1.165) is 53.4 Å². The fourth-order valence-electron chi connectivity index (χ4n) is 4.12. The lowest BCUT2D eigenvalue weighted by molar-refractivity contribution is 0.164. The highest BCUT2D eigenvalue weighted by Crippen LogP contribution is 2.37. The Balaban J connectivity index is 1.78. The first kappa shape index (κ1) is 17.6. The van der Waals surface area contributed by atoms with Crippen molar-refractivity contribution in [3.8, 4) is 0 Å². The van der Waals surface area contributed by atoms with E-state index in [-0.39, 0.29) is 5.56 Å². The summed E-state index contributed by atoms with van der Waals surface area (Å²) in [5.41, 5.74) is 1.52. The highest BCUT2D eigenvalue weighted by molar-refractivity contribution is 7.99. The summed E-state index contributed by atoms with van der Waals surface area (Å²) < 4.78 is 7.51. The molecule has 0 saturated heterocycles. The van der Waals surface area contributed by atoms with E-state index in [1.807, 2.05) is 11.5 Å². The van der Waals surface area contributed by atoms with Gasteiger partial charge in [-0.15, -0.1) is 11.3 Å². The van der Waals surface area contributed by atoms with Gasteiger partial charge < -0.3 is 4.74 Å². The summed E-state index contributed by atoms with van der Waals surface area (Å²) in [6.07, 6.45) is 9.27. The molecule has 2 aliphatic rings. The van der Waals surface area contributed by atoms with Crippen LogP contribution in [0, 0.1) is 0 Å². The van der Waals surface area contributed by atoms with Crippen LogP contribution in [0.3, 0.4) is 0 Å². The molecule has 2 aliphatic carbocycles. The Bertz CT molecular complexity index is 806. The second-order valence-electron chi connectivity index (χ2n) is 6.94. The zero-order chi connectivity index (χ0) is 17.2. The van der Waals surface area contributed by atoms with E-state index >= 15 is 0 Å². The van der Waals surface area contributed by atoms with Gasteiger partial charge >= 0.3 is 0 Å². The van der Waals surface area contributed by atoms with Gasteiger partial charge in [0.25, 0.3) is 5.56 Å². The van der Waals surface area contributed by atoms with Crippen molar-refractivity contribution in [2.75, 3.05) is 19.0 Å². The normalized spacial score (nSPS) is 18.1. The van der Waals surface area contributed by atoms with Gasteiger partial charge in [-0.25, -0.2) is 4.98 Å². The van der Waals surface area contributed by atoms with Crippen LogP contribution in [0.4, 0.5) is 0 Å². The zero-order valence-corrected chi connectivity index (χ0v) is 16.5. The molecule has 1 fully saturated rings. The smallest absolute Gasteiger partial charge is 0.263 e. The molecule has 0 atom stereocenters. The summed E-state index contributed by atoms with van der Waals surface area (Å²) in [5, 5.41) is 1.84. The number of hydrogen-bond donors (Lipinski definition) is 0. The van der Waals surface area contributed by atoms with E-state index in [1.54, 1.807) is 23.1 Å². The third kappa shape index (κ3) is 3.40. The van der Waals surface area contributed by atoms with Crippen LogP contribution in [0.5, 0.6) is 0 Å². The predicted molar refractivity (Wildman–Crippen MR) is 105 cm³/mol. The van der Waals surface area contributed by atoms with Crippen LogP contribution >= 0.6 is 23.1 Å². The van der Waals surface area contributed by atoms with Crippen LogP contribution in [0.15, 0.2) is 9.95 Å². The molecule has 25 heavy (non-hydrogen) atoms. The molecule has 0 radical (unpaired) electrons. The fourth-order valence-corrected chi connectivity index (χ4v) is 6.34. The number of fused-ring (bicyclic) bond motifs is 3. The van der Waals surface area contributed by atoms with Crippen LogP contribution in [0.25, 0.3) is 10.2 Å². The molecule has 6 heteroatoms. The molecule has 0 bridgehead atoms. The molecular formula is C19H26N2O2S2. The van der Waals surface area contributed by atoms with Crippen LogP contribution in [0.1, 0.15) is 61.9 Å². The third-order valence-corrected chi connectivity index (χ3v) is 7.44. The molecule has 0 aliphatic heterocycles. The maximum atomic E-state index is 13.4. The Morgan fingerprint density at radius 2 is 2.04 bits per heavy atom. The van der Waals surface area contributed by atoms with Gasteiger partial charge in [0.1, 0.15) is 4.83 Å². The average Bonchev–Trinajstić information content (AvgIpc) is 3.26. The van der Waals surface area contributed by atoms with E-state index < -0.39 is 0 Å². The van der Waals surface area contributed by atoms with Gasteiger partial charge in [-0.2, -0.15) is 0 Å². The molecule has 2 aromatic heterocycles. The molecule has 0 spiro atoms. The second-order valence-corrected chi connectivity index (χ2v) is 9.09. The van der Waals surface area contributed by atoms with Crippen molar-refractivity contribution in [1.82, 2.24) is 9.55 Å². The number of aromatic nitrogens is 2.